The van der Waals surface area contributed by atoms with Crippen molar-refractivity contribution in [1.82, 2.24) is 9.13 Å². The predicted octanol–water partition coefficient (Wildman–Crippen LogP) is 3.59. The lowest BCUT2D eigenvalue weighted by molar-refractivity contribution is -0.119. The minimum absolute atomic E-state index is 0.0845. The van der Waals surface area contributed by atoms with Crippen LogP contribution in [0.4, 0.5) is 0 Å². The standard InChI is InChI=1S/C25H27ClN2O4/c1-17-13-21(26)14-19(23(17)30)11-12-22(29)16-28-24(31)20(15-27(2)25(28)32)10-6-9-18-7-4-3-5-8-18/h3-5,7-8,13-15,30H,6,9-12,16H2,1-2H3. The van der Waals surface area contributed by atoms with Gasteiger partial charge in [0.2, 0.25) is 0 Å². The van der Waals surface area contributed by atoms with Crippen molar-refractivity contribution in [1.29, 1.82) is 0 Å². The molecular weight excluding hydrogens is 428 g/mol. The summed E-state index contributed by atoms with van der Waals surface area (Å²) >= 11 is 6.04. The molecule has 0 aliphatic heterocycles. The first-order valence-corrected chi connectivity index (χ1v) is 11.0. The lowest BCUT2D eigenvalue weighted by Crippen LogP contribution is -2.42. The van der Waals surface area contributed by atoms with Gasteiger partial charge in [-0.3, -0.25) is 14.2 Å². The summed E-state index contributed by atoms with van der Waals surface area (Å²) in [5, 5.41) is 10.7. The fraction of sp³-hybridized carbons (Fsp3) is 0.320. The fourth-order valence-electron chi connectivity index (χ4n) is 3.76. The lowest BCUT2D eigenvalue weighted by Gasteiger charge is -2.11. The lowest BCUT2D eigenvalue weighted by atomic mass is 10.0. The second-order valence-corrected chi connectivity index (χ2v) is 8.48. The third-order valence-corrected chi connectivity index (χ3v) is 5.73. The van der Waals surface area contributed by atoms with E-state index in [0.29, 0.717) is 28.1 Å². The van der Waals surface area contributed by atoms with Crippen molar-refractivity contribution in [3.05, 3.63) is 96.8 Å². The van der Waals surface area contributed by atoms with Gasteiger partial charge >= 0.3 is 5.69 Å². The van der Waals surface area contributed by atoms with Gasteiger partial charge in [0.25, 0.3) is 5.56 Å². The van der Waals surface area contributed by atoms with Crippen molar-refractivity contribution in [2.75, 3.05) is 0 Å². The molecule has 2 aromatic carbocycles. The van der Waals surface area contributed by atoms with E-state index >= 15 is 0 Å². The van der Waals surface area contributed by atoms with Crippen molar-refractivity contribution in [2.24, 2.45) is 7.05 Å². The van der Waals surface area contributed by atoms with Crippen LogP contribution in [0.2, 0.25) is 5.02 Å². The molecule has 1 N–H and O–H groups in total. The summed E-state index contributed by atoms with van der Waals surface area (Å²) in [7, 11) is 1.58. The zero-order valence-electron chi connectivity index (χ0n) is 18.3. The molecule has 0 atom stereocenters. The van der Waals surface area contributed by atoms with E-state index in [1.54, 1.807) is 32.3 Å². The Morgan fingerprint density at radius 1 is 1.03 bits per heavy atom. The van der Waals surface area contributed by atoms with Gasteiger partial charge in [0.05, 0.1) is 6.54 Å². The second kappa shape index (κ2) is 10.5. The van der Waals surface area contributed by atoms with Crippen molar-refractivity contribution >= 4 is 17.4 Å². The van der Waals surface area contributed by atoms with Crippen molar-refractivity contribution in [3.63, 3.8) is 0 Å². The average molecular weight is 455 g/mol. The number of hydrogen-bond acceptors (Lipinski definition) is 4. The quantitative estimate of drug-likeness (QED) is 0.535. The van der Waals surface area contributed by atoms with E-state index in [0.717, 1.165) is 17.4 Å². The van der Waals surface area contributed by atoms with Crippen molar-refractivity contribution in [2.45, 2.75) is 45.6 Å². The number of benzene rings is 2. The highest BCUT2D eigenvalue weighted by atomic mass is 35.5. The van der Waals surface area contributed by atoms with E-state index in [9.17, 15) is 19.5 Å². The number of halogens is 1. The van der Waals surface area contributed by atoms with Crippen LogP contribution < -0.4 is 11.2 Å². The number of aryl methyl sites for hydroxylation is 5. The molecule has 3 rings (SSSR count). The highest BCUT2D eigenvalue weighted by Crippen LogP contribution is 2.27. The summed E-state index contributed by atoms with van der Waals surface area (Å²) in [6.07, 6.45) is 4.03. The molecule has 0 saturated heterocycles. The largest absolute Gasteiger partial charge is 0.507 e. The Labute approximate surface area is 191 Å². The predicted molar refractivity (Wildman–Crippen MR) is 126 cm³/mol. The Kier molecular flexibility index (Phi) is 7.70. The van der Waals surface area contributed by atoms with Gasteiger partial charge < -0.3 is 9.67 Å². The number of phenols is 1. The number of carbonyl (C=O) groups excluding carboxylic acids is 1. The Bertz CT molecular complexity index is 1230. The van der Waals surface area contributed by atoms with Crippen LogP contribution in [0, 0.1) is 6.92 Å². The molecule has 3 aromatic rings. The second-order valence-electron chi connectivity index (χ2n) is 8.05. The third kappa shape index (κ3) is 5.77. The van der Waals surface area contributed by atoms with Crippen LogP contribution in [-0.2, 0) is 37.6 Å². The maximum absolute atomic E-state index is 12.9. The summed E-state index contributed by atoms with van der Waals surface area (Å²) in [6.45, 7) is 1.44. The molecule has 0 spiro atoms. The van der Waals surface area contributed by atoms with E-state index in [1.165, 1.54) is 10.1 Å². The number of ketones is 1. The highest BCUT2D eigenvalue weighted by molar-refractivity contribution is 6.30. The molecule has 1 heterocycles. The van der Waals surface area contributed by atoms with Crippen LogP contribution in [0.5, 0.6) is 5.75 Å². The topological polar surface area (TPSA) is 81.3 Å². The van der Waals surface area contributed by atoms with Crippen LogP contribution in [0.25, 0.3) is 0 Å². The molecule has 6 nitrogen and oxygen atoms in total. The maximum Gasteiger partial charge on any atom is 0.331 e. The summed E-state index contributed by atoms with van der Waals surface area (Å²) in [6, 6.07) is 13.3. The Hall–Kier alpha value is -3.12. The van der Waals surface area contributed by atoms with Crippen molar-refractivity contribution < 1.29 is 9.90 Å². The van der Waals surface area contributed by atoms with Gasteiger partial charge in [-0.15, -0.1) is 0 Å². The van der Waals surface area contributed by atoms with E-state index < -0.39 is 11.2 Å². The monoisotopic (exact) mass is 454 g/mol. The molecular formula is C25H27ClN2O4. The van der Waals surface area contributed by atoms with Gasteiger partial charge in [-0.2, -0.15) is 0 Å². The van der Waals surface area contributed by atoms with Crippen LogP contribution >= 0.6 is 11.6 Å². The molecule has 0 fully saturated rings. The number of phenolic OH excluding ortho intramolecular Hbond substituents is 1. The number of carbonyl (C=O) groups is 1. The van der Waals surface area contributed by atoms with Gasteiger partial charge in [0.1, 0.15) is 5.75 Å². The zero-order chi connectivity index (χ0) is 23.3. The van der Waals surface area contributed by atoms with Gasteiger partial charge in [-0.05, 0) is 61.4 Å². The van der Waals surface area contributed by atoms with Crippen molar-refractivity contribution in [3.8, 4) is 5.75 Å². The van der Waals surface area contributed by atoms with E-state index in [1.807, 2.05) is 30.3 Å². The first kappa shape index (κ1) is 23.5. The number of Topliss-reactive ketones (excluding diaryl/α,β-unsaturated/α-hetero) is 1. The maximum atomic E-state index is 12.9. The minimum Gasteiger partial charge on any atom is -0.507 e. The molecule has 7 heteroatoms. The summed E-state index contributed by atoms with van der Waals surface area (Å²) in [4.78, 5) is 38.0. The smallest absolute Gasteiger partial charge is 0.331 e. The Morgan fingerprint density at radius 3 is 2.47 bits per heavy atom. The SMILES string of the molecule is Cc1cc(Cl)cc(CCC(=O)Cn2c(=O)c(CCCc3ccccc3)cn(C)c2=O)c1O. The minimum atomic E-state index is -0.517. The first-order valence-electron chi connectivity index (χ1n) is 10.6. The van der Waals surface area contributed by atoms with Gasteiger partial charge in [0.15, 0.2) is 5.78 Å². The molecule has 168 valence electrons. The van der Waals surface area contributed by atoms with E-state index in [-0.39, 0.29) is 30.9 Å². The normalized spacial score (nSPS) is 11.0. The number of hydrogen-bond donors (Lipinski definition) is 1. The average Bonchev–Trinajstić information content (AvgIpc) is 2.77. The summed E-state index contributed by atoms with van der Waals surface area (Å²) < 4.78 is 2.35. The fourth-order valence-corrected chi connectivity index (χ4v) is 4.05. The number of aromatic nitrogens is 2. The summed E-state index contributed by atoms with van der Waals surface area (Å²) in [5.74, 6) is -0.154. The van der Waals surface area contributed by atoms with Crippen LogP contribution in [-0.4, -0.2) is 20.0 Å². The number of aromatic hydroxyl groups is 1. The van der Waals surface area contributed by atoms with Gasteiger partial charge in [0, 0.05) is 30.3 Å². The number of nitrogens with zero attached hydrogens (tertiary/aromatic N) is 2. The molecule has 0 unspecified atom stereocenters. The molecule has 1 aromatic heterocycles. The molecule has 0 amide bonds. The van der Waals surface area contributed by atoms with Crippen LogP contribution in [0.3, 0.4) is 0 Å². The number of rotatable bonds is 9. The Morgan fingerprint density at radius 2 is 1.75 bits per heavy atom. The molecule has 0 bridgehead atoms. The highest BCUT2D eigenvalue weighted by Gasteiger charge is 2.15. The van der Waals surface area contributed by atoms with Crippen LogP contribution in [0.15, 0.2) is 58.3 Å². The molecule has 0 aliphatic carbocycles. The third-order valence-electron chi connectivity index (χ3n) is 5.51. The van der Waals surface area contributed by atoms with E-state index in [4.69, 9.17) is 11.6 Å². The molecule has 32 heavy (non-hydrogen) atoms. The van der Waals surface area contributed by atoms with Crippen LogP contribution in [0.1, 0.15) is 35.1 Å². The molecule has 0 radical (unpaired) electrons. The van der Waals surface area contributed by atoms with E-state index in [2.05, 4.69) is 0 Å². The first-order chi connectivity index (χ1) is 15.3. The zero-order valence-corrected chi connectivity index (χ0v) is 19.1. The van der Waals surface area contributed by atoms with Gasteiger partial charge in [-0.25, -0.2) is 4.79 Å². The Balaban J connectivity index is 1.69. The summed E-state index contributed by atoms with van der Waals surface area (Å²) in [5.41, 5.74) is 1.96. The van der Waals surface area contributed by atoms with Gasteiger partial charge in [-0.1, -0.05) is 41.9 Å². The molecule has 0 aliphatic rings. The molecule has 0 saturated carbocycles.